The molecule has 0 unspecified atom stereocenters. The van der Waals surface area contributed by atoms with E-state index in [1.54, 1.807) is 11.0 Å². The van der Waals surface area contributed by atoms with Gasteiger partial charge < -0.3 is 10.6 Å². The maximum Gasteiger partial charge on any atom is 0.255 e. The van der Waals surface area contributed by atoms with Crippen LogP contribution in [-0.4, -0.2) is 48.9 Å². The van der Waals surface area contributed by atoms with Gasteiger partial charge in [0.25, 0.3) is 5.91 Å². The fraction of sp³-hybridized carbons (Fsp3) is 0.346. The van der Waals surface area contributed by atoms with Gasteiger partial charge in [-0.25, -0.2) is 4.52 Å². The number of rotatable bonds is 3. The van der Waals surface area contributed by atoms with E-state index in [0.717, 1.165) is 71.9 Å². The van der Waals surface area contributed by atoms with Crippen molar-refractivity contribution >= 4 is 17.0 Å². The Morgan fingerprint density at radius 1 is 1.15 bits per heavy atom. The number of carbonyl (C=O) groups is 1. The number of aromatic nitrogens is 3. The first-order valence-corrected chi connectivity index (χ1v) is 11.6. The SMILES string of the molecule is CCc1nc(C)cn2nc(C3=C\C(=O)N4C=C(N5CCC(C)(N)CC5)C=C\C4=C/C=C/3)cc12. The average molecular weight is 443 g/mol. The summed E-state index contributed by atoms with van der Waals surface area (Å²) in [4.78, 5) is 22.0. The van der Waals surface area contributed by atoms with Gasteiger partial charge in [-0.1, -0.05) is 19.1 Å². The Labute approximate surface area is 194 Å². The molecule has 0 radical (unpaired) electrons. The maximum absolute atomic E-state index is 13.3. The molecule has 2 N–H and O–H groups in total. The highest BCUT2D eigenvalue weighted by atomic mass is 16.2. The summed E-state index contributed by atoms with van der Waals surface area (Å²) in [6.45, 7) is 7.94. The van der Waals surface area contributed by atoms with E-state index in [9.17, 15) is 4.79 Å². The molecular formula is C26H30N6O. The molecule has 0 atom stereocenters. The molecule has 0 aliphatic carbocycles. The molecule has 5 rings (SSSR count). The molecule has 3 aliphatic rings. The molecule has 1 amide bonds. The number of nitrogens with two attached hydrogens (primary N) is 1. The monoisotopic (exact) mass is 442 g/mol. The van der Waals surface area contributed by atoms with Crippen molar-refractivity contribution in [3.05, 3.63) is 83.4 Å². The van der Waals surface area contributed by atoms with Crippen LogP contribution in [-0.2, 0) is 11.2 Å². The number of nitrogens with zero attached hydrogens (tertiary/aromatic N) is 5. The zero-order chi connectivity index (χ0) is 23.2. The van der Waals surface area contributed by atoms with E-state index in [1.807, 2.05) is 54.2 Å². The van der Waals surface area contributed by atoms with Crippen molar-refractivity contribution in [2.45, 2.75) is 45.6 Å². The lowest BCUT2D eigenvalue weighted by Crippen LogP contribution is -2.48. The lowest BCUT2D eigenvalue weighted by atomic mass is 9.90. The predicted molar refractivity (Wildman–Crippen MR) is 130 cm³/mol. The molecular weight excluding hydrogens is 412 g/mol. The van der Waals surface area contributed by atoms with Gasteiger partial charge in [-0.15, -0.1) is 0 Å². The third-order valence-electron chi connectivity index (χ3n) is 6.58. The van der Waals surface area contributed by atoms with Crippen LogP contribution in [0.4, 0.5) is 0 Å². The zero-order valence-electron chi connectivity index (χ0n) is 19.5. The van der Waals surface area contributed by atoms with Crippen LogP contribution >= 0.6 is 0 Å². The molecule has 0 aromatic carbocycles. The summed E-state index contributed by atoms with van der Waals surface area (Å²) < 4.78 is 1.86. The van der Waals surface area contributed by atoms with Crippen LogP contribution in [0.5, 0.6) is 0 Å². The molecule has 5 heterocycles. The summed E-state index contributed by atoms with van der Waals surface area (Å²) in [7, 11) is 0. The minimum Gasteiger partial charge on any atom is -0.370 e. The van der Waals surface area contributed by atoms with Gasteiger partial charge in [-0.3, -0.25) is 14.7 Å². The fourth-order valence-electron chi connectivity index (χ4n) is 4.54. The Morgan fingerprint density at radius 2 is 1.91 bits per heavy atom. The number of aryl methyl sites for hydroxylation is 2. The highest BCUT2D eigenvalue weighted by molar-refractivity contribution is 5.99. The Hall–Kier alpha value is -3.45. The van der Waals surface area contributed by atoms with Crippen LogP contribution in [0.1, 0.15) is 43.8 Å². The molecule has 33 heavy (non-hydrogen) atoms. The number of allylic oxidation sites excluding steroid dienone is 6. The number of hydrogen-bond acceptors (Lipinski definition) is 5. The number of fused-ring (bicyclic) bond motifs is 2. The largest absolute Gasteiger partial charge is 0.370 e. The minimum absolute atomic E-state index is 0.0924. The van der Waals surface area contributed by atoms with Crippen molar-refractivity contribution in [1.29, 1.82) is 0 Å². The van der Waals surface area contributed by atoms with Crippen molar-refractivity contribution < 1.29 is 4.79 Å². The molecule has 1 saturated heterocycles. The highest BCUT2D eigenvalue weighted by Crippen LogP contribution is 2.28. The zero-order valence-corrected chi connectivity index (χ0v) is 19.5. The first-order valence-electron chi connectivity index (χ1n) is 11.6. The van der Waals surface area contributed by atoms with Gasteiger partial charge in [0.1, 0.15) is 0 Å². The van der Waals surface area contributed by atoms with Gasteiger partial charge in [0.05, 0.1) is 34.5 Å². The number of piperidine rings is 1. The lowest BCUT2D eigenvalue weighted by molar-refractivity contribution is -0.122. The lowest BCUT2D eigenvalue weighted by Gasteiger charge is -2.39. The predicted octanol–water partition coefficient (Wildman–Crippen LogP) is 3.49. The smallest absolute Gasteiger partial charge is 0.255 e. The third-order valence-corrected chi connectivity index (χ3v) is 6.58. The molecule has 2 aromatic rings. The van der Waals surface area contributed by atoms with Crippen molar-refractivity contribution in [2.24, 2.45) is 5.73 Å². The van der Waals surface area contributed by atoms with E-state index in [4.69, 9.17) is 10.8 Å². The first kappa shape index (κ1) is 21.4. The average Bonchev–Trinajstić information content (AvgIpc) is 3.20. The van der Waals surface area contributed by atoms with Gasteiger partial charge in [-0.2, -0.15) is 5.10 Å². The summed E-state index contributed by atoms with van der Waals surface area (Å²) in [5, 5.41) is 4.73. The number of carbonyl (C=O) groups excluding carboxylic acids is 1. The highest BCUT2D eigenvalue weighted by Gasteiger charge is 2.28. The fourth-order valence-corrected chi connectivity index (χ4v) is 4.54. The van der Waals surface area contributed by atoms with Crippen molar-refractivity contribution in [2.75, 3.05) is 13.1 Å². The normalized spacial score (nSPS) is 24.4. The van der Waals surface area contributed by atoms with Gasteiger partial charge in [0.15, 0.2) is 0 Å². The summed E-state index contributed by atoms with van der Waals surface area (Å²) >= 11 is 0. The van der Waals surface area contributed by atoms with E-state index in [2.05, 4.69) is 29.8 Å². The van der Waals surface area contributed by atoms with Crippen LogP contribution in [0.3, 0.4) is 0 Å². The summed E-state index contributed by atoms with van der Waals surface area (Å²) in [6.07, 6.45) is 18.2. The maximum atomic E-state index is 13.3. The molecule has 2 aromatic heterocycles. The molecule has 0 spiro atoms. The van der Waals surface area contributed by atoms with Gasteiger partial charge in [0, 0.05) is 42.2 Å². The van der Waals surface area contributed by atoms with Crippen LogP contribution in [0.15, 0.2) is 66.3 Å². The molecule has 0 bridgehead atoms. The molecule has 7 nitrogen and oxygen atoms in total. The second kappa shape index (κ2) is 8.15. The molecule has 0 saturated carbocycles. The first-order chi connectivity index (χ1) is 15.8. The number of likely N-dealkylation sites (tertiary alicyclic amines) is 1. The standard InChI is InChI=1S/C26H30N6O/c1-4-22-24-15-23(29-32(24)16-18(2)28-22)19-6-5-7-20-8-9-21(17-31(20)25(33)14-19)30-12-10-26(3,27)11-13-30/h5-9,14-17H,4,10-13,27H2,1-3H3/b6-5+,19-14+,20-7+. The number of hydrogen-bond donors (Lipinski definition) is 1. The Morgan fingerprint density at radius 3 is 2.67 bits per heavy atom. The van der Waals surface area contributed by atoms with E-state index in [1.165, 1.54) is 0 Å². The van der Waals surface area contributed by atoms with Gasteiger partial charge in [0.2, 0.25) is 0 Å². The molecule has 7 heteroatoms. The van der Waals surface area contributed by atoms with E-state index in [0.29, 0.717) is 0 Å². The summed E-state index contributed by atoms with van der Waals surface area (Å²) in [5.74, 6) is -0.0924. The van der Waals surface area contributed by atoms with Gasteiger partial charge in [-0.05, 0) is 57.4 Å². The quantitative estimate of drug-likeness (QED) is 0.787. The van der Waals surface area contributed by atoms with Crippen LogP contribution in [0.25, 0.3) is 11.1 Å². The number of amides is 1. The van der Waals surface area contributed by atoms with E-state index in [-0.39, 0.29) is 11.4 Å². The van der Waals surface area contributed by atoms with E-state index >= 15 is 0 Å². The molecule has 170 valence electrons. The Bertz CT molecular complexity index is 1260. The second-order valence-corrected chi connectivity index (χ2v) is 9.33. The topological polar surface area (TPSA) is 79.8 Å². The molecule has 3 aliphatic heterocycles. The summed E-state index contributed by atoms with van der Waals surface area (Å²) in [5.41, 5.74) is 12.5. The van der Waals surface area contributed by atoms with Crippen LogP contribution in [0.2, 0.25) is 0 Å². The van der Waals surface area contributed by atoms with Gasteiger partial charge >= 0.3 is 0 Å². The minimum atomic E-state index is -0.112. The van der Waals surface area contributed by atoms with Crippen molar-refractivity contribution in [3.8, 4) is 0 Å². The second-order valence-electron chi connectivity index (χ2n) is 9.33. The van der Waals surface area contributed by atoms with Crippen LogP contribution < -0.4 is 5.73 Å². The Balaban J connectivity index is 1.46. The van der Waals surface area contributed by atoms with Crippen LogP contribution in [0, 0.1) is 6.92 Å². The van der Waals surface area contributed by atoms with Crippen molar-refractivity contribution in [1.82, 2.24) is 24.4 Å². The van der Waals surface area contributed by atoms with E-state index < -0.39 is 0 Å². The van der Waals surface area contributed by atoms with Crippen molar-refractivity contribution in [3.63, 3.8) is 0 Å². The Kier molecular flexibility index (Phi) is 5.29. The summed E-state index contributed by atoms with van der Waals surface area (Å²) in [6, 6.07) is 2.01. The molecule has 1 fully saturated rings. The third kappa shape index (κ3) is 4.16.